The fourth-order valence-corrected chi connectivity index (χ4v) is 3.16. The first-order valence-corrected chi connectivity index (χ1v) is 8.82. The van der Waals surface area contributed by atoms with Gasteiger partial charge >= 0.3 is 0 Å². The summed E-state index contributed by atoms with van der Waals surface area (Å²) in [4.78, 5) is 12.2. The van der Waals surface area contributed by atoms with Crippen LogP contribution in [0.3, 0.4) is 0 Å². The summed E-state index contributed by atoms with van der Waals surface area (Å²) < 4.78 is 31.3. The van der Waals surface area contributed by atoms with E-state index in [1.807, 2.05) is 10.9 Å². The summed E-state index contributed by atoms with van der Waals surface area (Å²) in [6.45, 7) is 2.72. The van der Waals surface area contributed by atoms with Crippen molar-refractivity contribution in [3.63, 3.8) is 0 Å². The van der Waals surface area contributed by atoms with Crippen molar-refractivity contribution in [3.8, 4) is 5.75 Å². The van der Waals surface area contributed by atoms with Crippen LogP contribution in [0.2, 0.25) is 0 Å². The molecule has 1 N–H and O–H groups in total. The summed E-state index contributed by atoms with van der Waals surface area (Å²) in [5, 5.41) is 7.30. The number of halogens is 1. The minimum Gasteiger partial charge on any atom is -0.494 e. The minimum atomic E-state index is -0.475. The molecule has 0 saturated heterocycles. The molecule has 1 aliphatic heterocycles. The number of hydrogen-bond donors (Lipinski definition) is 1. The van der Waals surface area contributed by atoms with E-state index >= 15 is 0 Å². The zero-order chi connectivity index (χ0) is 19.2. The molecule has 146 valence electrons. The Morgan fingerprint density at radius 2 is 2.30 bits per heavy atom. The van der Waals surface area contributed by atoms with Crippen LogP contribution in [-0.2, 0) is 33.8 Å². The molecule has 2 heterocycles. The molecule has 0 fully saturated rings. The van der Waals surface area contributed by atoms with Crippen molar-refractivity contribution in [2.75, 3.05) is 34.0 Å². The van der Waals surface area contributed by atoms with Gasteiger partial charge in [0.05, 0.1) is 51.8 Å². The zero-order valence-electron chi connectivity index (χ0n) is 15.5. The van der Waals surface area contributed by atoms with Crippen LogP contribution in [0.25, 0.3) is 0 Å². The lowest BCUT2D eigenvalue weighted by Gasteiger charge is -2.24. The third-order valence-electron chi connectivity index (χ3n) is 4.61. The molecule has 2 aromatic rings. The molecule has 27 heavy (non-hydrogen) atoms. The molecule has 7 nitrogen and oxygen atoms in total. The fourth-order valence-electron chi connectivity index (χ4n) is 3.16. The van der Waals surface area contributed by atoms with E-state index in [4.69, 9.17) is 14.2 Å². The van der Waals surface area contributed by atoms with Gasteiger partial charge in [-0.1, -0.05) is 6.07 Å². The Hall–Kier alpha value is -2.45. The predicted octanol–water partition coefficient (Wildman–Crippen LogP) is 1.65. The molecule has 1 atom stereocenters. The highest BCUT2D eigenvalue weighted by atomic mass is 19.1. The summed E-state index contributed by atoms with van der Waals surface area (Å²) in [6.07, 6.45) is 1.94. The van der Waals surface area contributed by atoms with Crippen molar-refractivity contribution in [1.29, 1.82) is 0 Å². The second kappa shape index (κ2) is 8.96. The maximum atomic E-state index is 13.7. The second-order valence-electron chi connectivity index (χ2n) is 6.42. The molecule has 0 saturated carbocycles. The van der Waals surface area contributed by atoms with Crippen LogP contribution in [0.15, 0.2) is 24.4 Å². The van der Waals surface area contributed by atoms with Gasteiger partial charge in [-0.15, -0.1) is 0 Å². The van der Waals surface area contributed by atoms with Gasteiger partial charge in [0.2, 0.25) is 5.91 Å². The van der Waals surface area contributed by atoms with Crippen molar-refractivity contribution < 1.29 is 23.4 Å². The van der Waals surface area contributed by atoms with E-state index in [9.17, 15) is 9.18 Å². The topological polar surface area (TPSA) is 74.6 Å². The molecule has 1 unspecified atom stereocenters. The summed E-state index contributed by atoms with van der Waals surface area (Å²) >= 11 is 0. The van der Waals surface area contributed by atoms with Gasteiger partial charge in [0.1, 0.15) is 0 Å². The molecule has 0 aliphatic carbocycles. The summed E-state index contributed by atoms with van der Waals surface area (Å²) in [7, 11) is 3.06. The van der Waals surface area contributed by atoms with Crippen molar-refractivity contribution in [2.24, 2.45) is 0 Å². The number of hydrogen-bond acceptors (Lipinski definition) is 5. The van der Waals surface area contributed by atoms with Gasteiger partial charge in [-0.25, -0.2) is 4.39 Å². The van der Waals surface area contributed by atoms with E-state index < -0.39 is 5.82 Å². The summed E-state index contributed by atoms with van der Waals surface area (Å²) in [5.41, 5.74) is 2.71. The van der Waals surface area contributed by atoms with E-state index in [2.05, 4.69) is 10.4 Å². The lowest BCUT2D eigenvalue weighted by atomic mass is 9.98. The normalized spacial score (nSPS) is 16.0. The van der Waals surface area contributed by atoms with Crippen LogP contribution in [-0.4, -0.2) is 49.7 Å². The van der Waals surface area contributed by atoms with Crippen LogP contribution < -0.4 is 10.1 Å². The highest BCUT2D eigenvalue weighted by Gasteiger charge is 2.25. The second-order valence-corrected chi connectivity index (χ2v) is 6.42. The van der Waals surface area contributed by atoms with Crippen LogP contribution in [0.5, 0.6) is 5.75 Å². The monoisotopic (exact) mass is 377 g/mol. The standard InChI is InChI=1S/C19H24FN3O4/c1-25-6-5-23-17-12-27-11-14(15(17)10-22-23)9-21-19(24)8-13-3-4-18(26-2)16(20)7-13/h3-4,7,10,14H,5-6,8-9,11-12H2,1-2H3,(H,21,24). The highest BCUT2D eigenvalue weighted by molar-refractivity contribution is 5.78. The quantitative estimate of drug-likeness (QED) is 0.757. The number of rotatable bonds is 8. The number of nitrogens with zero attached hydrogens (tertiary/aromatic N) is 2. The van der Waals surface area contributed by atoms with Crippen molar-refractivity contribution in [3.05, 3.63) is 47.0 Å². The van der Waals surface area contributed by atoms with E-state index in [0.717, 1.165) is 11.3 Å². The lowest BCUT2D eigenvalue weighted by molar-refractivity contribution is -0.120. The van der Waals surface area contributed by atoms with Gasteiger partial charge in [0.15, 0.2) is 11.6 Å². The van der Waals surface area contributed by atoms with Crippen LogP contribution in [0, 0.1) is 5.82 Å². The smallest absolute Gasteiger partial charge is 0.224 e. The third-order valence-corrected chi connectivity index (χ3v) is 4.61. The molecule has 0 bridgehead atoms. The lowest BCUT2D eigenvalue weighted by Crippen LogP contribution is -2.33. The van der Waals surface area contributed by atoms with E-state index in [1.54, 1.807) is 13.2 Å². The molecule has 0 radical (unpaired) electrons. The zero-order valence-corrected chi connectivity index (χ0v) is 15.5. The minimum absolute atomic E-state index is 0.0431. The Kier molecular flexibility index (Phi) is 6.41. The largest absolute Gasteiger partial charge is 0.494 e. The van der Waals surface area contributed by atoms with Gasteiger partial charge in [0.25, 0.3) is 0 Å². The number of carbonyl (C=O) groups excluding carboxylic acids is 1. The van der Waals surface area contributed by atoms with Gasteiger partial charge in [-0.3, -0.25) is 9.48 Å². The molecular formula is C19H24FN3O4. The third kappa shape index (κ3) is 4.64. The number of amides is 1. The molecule has 1 aromatic carbocycles. The van der Waals surface area contributed by atoms with Crippen LogP contribution >= 0.6 is 0 Å². The molecule has 1 amide bonds. The summed E-state index contributed by atoms with van der Waals surface area (Å²) in [5.74, 6) is -0.437. The van der Waals surface area contributed by atoms with Gasteiger partial charge in [-0.05, 0) is 17.7 Å². The average molecular weight is 377 g/mol. The maximum absolute atomic E-state index is 13.7. The summed E-state index contributed by atoms with van der Waals surface area (Å²) in [6, 6.07) is 4.52. The predicted molar refractivity (Wildman–Crippen MR) is 96.2 cm³/mol. The molecule has 8 heteroatoms. The number of fused-ring (bicyclic) bond motifs is 1. The van der Waals surface area contributed by atoms with E-state index in [-0.39, 0.29) is 24.0 Å². The number of carbonyl (C=O) groups is 1. The average Bonchev–Trinajstić information content (AvgIpc) is 3.08. The molecule has 0 spiro atoms. The number of methoxy groups -OCH3 is 2. The first-order valence-electron chi connectivity index (χ1n) is 8.82. The first kappa shape index (κ1) is 19.3. The Balaban J connectivity index is 1.57. The molecule has 1 aromatic heterocycles. The SMILES string of the molecule is COCCn1ncc2c1COCC2CNC(=O)Cc1ccc(OC)c(F)c1. The van der Waals surface area contributed by atoms with E-state index in [1.165, 1.54) is 19.2 Å². The Labute approximate surface area is 157 Å². The van der Waals surface area contributed by atoms with Crippen molar-refractivity contribution in [2.45, 2.75) is 25.5 Å². The van der Waals surface area contributed by atoms with Crippen LogP contribution in [0.1, 0.15) is 22.7 Å². The fraction of sp³-hybridized carbons (Fsp3) is 0.474. The number of aromatic nitrogens is 2. The van der Waals surface area contributed by atoms with Crippen LogP contribution in [0.4, 0.5) is 4.39 Å². The molecule has 1 aliphatic rings. The van der Waals surface area contributed by atoms with Gasteiger partial charge in [-0.2, -0.15) is 5.10 Å². The number of benzene rings is 1. The van der Waals surface area contributed by atoms with E-state index in [0.29, 0.717) is 38.5 Å². The number of nitrogens with one attached hydrogen (secondary N) is 1. The molecular weight excluding hydrogens is 353 g/mol. The molecule has 3 rings (SSSR count). The Bertz CT molecular complexity index is 793. The highest BCUT2D eigenvalue weighted by Crippen LogP contribution is 2.26. The Morgan fingerprint density at radius 1 is 1.44 bits per heavy atom. The van der Waals surface area contributed by atoms with Gasteiger partial charge in [0, 0.05) is 25.1 Å². The maximum Gasteiger partial charge on any atom is 0.224 e. The van der Waals surface area contributed by atoms with Crippen molar-refractivity contribution in [1.82, 2.24) is 15.1 Å². The number of ether oxygens (including phenoxy) is 3. The Morgan fingerprint density at radius 3 is 3.04 bits per heavy atom. The van der Waals surface area contributed by atoms with Crippen molar-refractivity contribution >= 4 is 5.91 Å². The first-order chi connectivity index (χ1) is 13.1. The van der Waals surface area contributed by atoms with Gasteiger partial charge < -0.3 is 19.5 Å².